The van der Waals surface area contributed by atoms with Crippen molar-refractivity contribution in [1.29, 1.82) is 0 Å². The van der Waals surface area contributed by atoms with Crippen molar-refractivity contribution in [3.8, 4) is 5.75 Å². The van der Waals surface area contributed by atoms with Gasteiger partial charge in [-0.25, -0.2) is 13.4 Å². The van der Waals surface area contributed by atoms with Crippen molar-refractivity contribution < 1.29 is 13.2 Å². The van der Waals surface area contributed by atoms with Gasteiger partial charge in [0.25, 0.3) is 0 Å². The molecule has 0 amide bonds. The Kier molecular flexibility index (Phi) is 6.90. The summed E-state index contributed by atoms with van der Waals surface area (Å²) in [7, 11) is -2.16. The lowest BCUT2D eigenvalue weighted by Gasteiger charge is -2.34. The van der Waals surface area contributed by atoms with Gasteiger partial charge < -0.3 is 9.64 Å². The fourth-order valence-corrected chi connectivity index (χ4v) is 6.81. The molecule has 4 rings (SSSR count). The van der Waals surface area contributed by atoms with Crippen LogP contribution in [-0.2, 0) is 16.4 Å². The van der Waals surface area contributed by atoms with Crippen LogP contribution in [0.1, 0.15) is 22.4 Å². The number of ether oxygens (including phenoxy) is 1. The molecule has 0 N–H and O–H groups in total. The lowest BCUT2D eigenvalue weighted by atomic mass is 10.0. The quantitative estimate of drug-likeness (QED) is 0.460. The number of thiazole rings is 1. The van der Waals surface area contributed by atoms with Crippen molar-refractivity contribution in [3.05, 3.63) is 68.6 Å². The van der Waals surface area contributed by atoms with Gasteiger partial charge in [0.15, 0.2) is 5.13 Å². The van der Waals surface area contributed by atoms with E-state index in [1.54, 1.807) is 29.5 Å². The number of sulfonamides is 1. The van der Waals surface area contributed by atoms with Gasteiger partial charge >= 0.3 is 0 Å². The van der Waals surface area contributed by atoms with Gasteiger partial charge in [-0.05, 0) is 43.2 Å². The van der Waals surface area contributed by atoms with Crippen LogP contribution in [0.5, 0.6) is 5.75 Å². The Morgan fingerprint density at radius 3 is 2.56 bits per heavy atom. The van der Waals surface area contributed by atoms with E-state index in [-0.39, 0.29) is 4.90 Å². The molecule has 0 unspecified atom stereocenters. The van der Waals surface area contributed by atoms with Crippen LogP contribution in [0.3, 0.4) is 0 Å². The van der Waals surface area contributed by atoms with Crippen molar-refractivity contribution in [2.75, 3.05) is 38.2 Å². The predicted molar refractivity (Wildman–Crippen MR) is 133 cm³/mol. The fourth-order valence-electron chi connectivity index (χ4n) is 3.82. The maximum absolute atomic E-state index is 13.2. The Balaban J connectivity index is 1.44. The van der Waals surface area contributed by atoms with Gasteiger partial charge in [0.1, 0.15) is 10.6 Å². The number of aryl methyl sites for hydroxylation is 2. The number of aromatic nitrogens is 1. The summed E-state index contributed by atoms with van der Waals surface area (Å²) >= 11 is 4.98. The Morgan fingerprint density at radius 2 is 1.84 bits per heavy atom. The predicted octanol–water partition coefficient (Wildman–Crippen LogP) is 4.63. The third kappa shape index (κ3) is 4.85. The molecule has 1 saturated heterocycles. The SMILES string of the molecule is COc1ccc(Br)cc1S(=O)(=O)N1CCN(c2nc(Cc3cc(C)ccc3C)cs2)CC1. The molecule has 0 radical (unpaired) electrons. The summed E-state index contributed by atoms with van der Waals surface area (Å²) < 4.78 is 34.0. The van der Waals surface area contributed by atoms with Crippen LogP contribution in [0.2, 0.25) is 0 Å². The highest BCUT2D eigenvalue weighted by Crippen LogP contribution is 2.31. The molecule has 1 aliphatic rings. The van der Waals surface area contributed by atoms with Crippen molar-refractivity contribution in [3.63, 3.8) is 0 Å². The van der Waals surface area contributed by atoms with Crippen molar-refractivity contribution in [2.24, 2.45) is 0 Å². The molecule has 0 atom stereocenters. The molecule has 32 heavy (non-hydrogen) atoms. The number of piperazine rings is 1. The second-order valence-corrected chi connectivity index (χ2v) is 11.6. The third-order valence-corrected chi connectivity index (χ3v) is 9.03. The number of benzene rings is 2. The molecular formula is C23H26BrN3O3S2. The first-order valence-electron chi connectivity index (χ1n) is 10.4. The van der Waals surface area contributed by atoms with Crippen LogP contribution in [0, 0.1) is 13.8 Å². The number of nitrogens with zero attached hydrogens (tertiary/aromatic N) is 3. The molecule has 0 saturated carbocycles. The van der Waals surface area contributed by atoms with E-state index in [0.717, 1.165) is 17.2 Å². The zero-order chi connectivity index (χ0) is 22.9. The zero-order valence-electron chi connectivity index (χ0n) is 18.3. The lowest BCUT2D eigenvalue weighted by Crippen LogP contribution is -2.48. The molecule has 9 heteroatoms. The van der Waals surface area contributed by atoms with E-state index in [4.69, 9.17) is 9.72 Å². The first-order chi connectivity index (χ1) is 15.3. The number of anilines is 1. The second kappa shape index (κ2) is 9.51. The highest BCUT2D eigenvalue weighted by atomic mass is 79.9. The Bertz CT molecular complexity index is 1220. The molecular weight excluding hydrogens is 510 g/mol. The minimum atomic E-state index is -3.64. The van der Waals surface area contributed by atoms with Crippen molar-refractivity contribution in [2.45, 2.75) is 25.2 Å². The van der Waals surface area contributed by atoms with Gasteiger partial charge in [-0.3, -0.25) is 0 Å². The van der Waals surface area contributed by atoms with E-state index in [1.807, 2.05) is 0 Å². The largest absolute Gasteiger partial charge is 0.495 e. The number of methoxy groups -OCH3 is 1. The highest BCUT2D eigenvalue weighted by Gasteiger charge is 2.31. The maximum atomic E-state index is 13.2. The summed E-state index contributed by atoms with van der Waals surface area (Å²) in [6.07, 6.45) is 0.807. The first-order valence-corrected chi connectivity index (χ1v) is 13.5. The molecule has 2 heterocycles. The zero-order valence-corrected chi connectivity index (χ0v) is 21.6. The molecule has 0 aliphatic carbocycles. The summed E-state index contributed by atoms with van der Waals surface area (Å²) in [5.74, 6) is 0.353. The Morgan fingerprint density at radius 1 is 1.09 bits per heavy atom. The summed E-state index contributed by atoms with van der Waals surface area (Å²) in [6.45, 7) is 6.25. The smallest absolute Gasteiger partial charge is 0.246 e. The van der Waals surface area contributed by atoms with Crippen molar-refractivity contribution in [1.82, 2.24) is 9.29 Å². The Hall–Kier alpha value is -1.94. The molecule has 170 valence electrons. The van der Waals surface area contributed by atoms with Gasteiger partial charge in [0.2, 0.25) is 10.0 Å². The number of hydrogen-bond donors (Lipinski definition) is 0. The van der Waals surface area contributed by atoms with E-state index in [9.17, 15) is 8.42 Å². The molecule has 0 bridgehead atoms. The van der Waals surface area contributed by atoms with Gasteiger partial charge in [0, 0.05) is 42.5 Å². The van der Waals surface area contributed by atoms with Gasteiger partial charge in [0.05, 0.1) is 12.8 Å². The summed E-state index contributed by atoms with van der Waals surface area (Å²) in [4.78, 5) is 7.19. The van der Waals surface area contributed by atoms with Crippen molar-refractivity contribution >= 4 is 42.4 Å². The van der Waals surface area contributed by atoms with E-state index in [2.05, 4.69) is 58.3 Å². The normalized spacial score (nSPS) is 15.2. The van der Waals surface area contributed by atoms with Crippen LogP contribution < -0.4 is 9.64 Å². The summed E-state index contributed by atoms with van der Waals surface area (Å²) in [5.41, 5.74) is 4.86. The number of rotatable bonds is 6. The first kappa shape index (κ1) is 23.2. The van der Waals surface area contributed by atoms with E-state index >= 15 is 0 Å². The number of halogens is 1. The molecule has 6 nitrogen and oxygen atoms in total. The highest BCUT2D eigenvalue weighted by molar-refractivity contribution is 9.10. The van der Waals surface area contributed by atoms with Gasteiger partial charge in [-0.15, -0.1) is 11.3 Å². The minimum Gasteiger partial charge on any atom is -0.495 e. The van der Waals surface area contributed by atoms with E-state index in [0.29, 0.717) is 36.4 Å². The number of hydrogen-bond acceptors (Lipinski definition) is 6. The lowest BCUT2D eigenvalue weighted by molar-refractivity contribution is 0.374. The fraction of sp³-hybridized carbons (Fsp3) is 0.348. The minimum absolute atomic E-state index is 0.188. The van der Waals surface area contributed by atoms with Gasteiger partial charge in [-0.1, -0.05) is 39.7 Å². The molecule has 1 aromatic heterocycles. The van der Waals surface area contributed by atoms with Crippen LogP contribution in [0.4, 0.5) is 5.13 Å². The van der Waals surface area contributed by atoms with Gasteiger partial charge in [-0.2, -0.15) is 4.31 Å². The van der Waals surface area contributed by atoms with Crippen LogP contribution in [0.15, 0.2) is 51.1 Å². The molecule has 1 aliphatic heterocycles. The standard InChI is InChI=1S/C23H26BrN3O3S2/c1-16-4-5-17(2)18(12-16)13-20-15-31-23(25-20)26-8-10-27(11-9-26)32(28,29)22-14-19(24)6-7-21(22)30-3/h4-7,12,14-15H,8-11,13H2,1-3H3. The topological polar surface area (TPSA) is 62.7 Å². The van der Waals surface area contributed by atoms with Crippen LogP contribution in [0.25, 0.3) is 0 Å². The average Bonchev–Trinajstić information content (AvgIpc) is 3.25. The molecule has 3 aromatic rings. The average molecular weight is 537 g/mol. The van der Waals surface area contributed by atoms with E-state index < -0.39 is 10.0 Å². The van der Waals surface area contributed by atoms with Crippen LogP contribution >= 0.6 is 27.3 Å². The summed E-state index contributed by atoms with van der Waals surface area (Å²) in [6, 6.07) is 11.5. The maximum Gasteiger partial charge on any atom is 0.246 e. The Labute approximate surface area is 202 Å². The molecule has 2 aromatic carbocycles. The monoisotopic (exact) mass is 535 g/mol. The van der Waals surface area contributed by atoms with E-state index in [1.165, 1.54) is 28.1 Å². The second-order valence-electron chi connectivity index (χ2n) is 7.91. The molecule has 1 fully saturated rings. The third-order valence-electron chi connectivity index (χ3n) is 5.67. The van der Waals surface area contributed by atoms with Crippen LogP contribution in [-0.4, -0.2) is 51.0 Å². The molecule has 0 spiro atoms. The summed E-state index contributed by atoms with van der Waals surface area (Å²) in [5, 5.41) is 3.05.